The van der Waals surface area contributed by atoms with Crippen LogP contribution >= 0.6 is 11.6 Å². The third-order valence-electron chi connectivity index (χ3n) is 5.30. The van der Waals surface area contributed by atoms with Crippen LogP contribution in [0.1, 0.15) is 18.5 Å². The number of halogens is 2. The van der Waals surface area contributed by atoms with Crippen LogP contribution in [-0.2, 0) is 4.79 Å². The Hall–Kier alpha value is -4.04. The standard InChI is InChI=1S/C24H18ClFN6O/c1-14-20(23(33)29-19-3-2-12-27-13-19)21(15-6-10-18(26)11-7-15)32-24(28-14)30-22(31-32)16-4-8-17(25)9-5-16/h2-13,21H,1H3,(H,29,33)(H,28,30,31). The van der Waals surface area contributed by atoms with Crippen molar-refractivity contribution in [1.82, 2.24) is 19.7 Å². The molecule has 2 aromatic heterocycles. The molecule has 0 radical (unpaired) electrons. The van der Waals surface area contributed by atoms with Crippen LogP contribution in [0.3, 0.4) is 0 Å². The van der Waals surface area contributed by atoms with Crippen LogP contribution in [0, 0.1) is 5.82 Å². The van der Waals surface area contributed by atoms with Crippen LogP contribution < -0.4 is 10.6 Å². The summed E-state index contributed by atoms with van der Waals surface area (Å²) in [5.41, 5.74) is 3.09. The number of nitrogens with one attached hydrogen (secondary N) is 2. The van der Waals surface area contributed by atoms with Crippen molar-refractivity contribution < 1.29 is 9.18 Å². The van der Waals surface area contributed by atoms with E-state index in [9.17, 15) is 9.18 Å². The van der Waals surface area contributed by atoms with Crippen molar-refractivity contribution in [2.75, 3.05) is 10.6 Å². The molecule has 33 heavy (non-hydrogen) atoms. The molecule has 0 aliphatic carbocycles. The molecule has 0 saturated carbocycles. The number of amides is 1. The Morgan fingerprint density at radius 3 is 2.58 bits per heavy atom. The van der Waals surface area contributed by atoms with Gasteiger partial charge in [0.2, 0.25) is 5.95 Å². The van der Waals surface area contributed by atoms with E-state index in [1.165, 1.54) is 12.1 Å². The van der Waals surface area contributed by atoms with Crippen molar-refractivity contribution >= 4 is 29.1 Å². The molecule has 5 rings (SSSR count). The molecule has 0 saturated heterocycles. The van der Waals surface area contributed by atoms with Gasteiger partial charge >= 0.3 is 0 Å². The smallest absolute Gasteiger partial charge is 0.255 e. The molecule has 1 aliphatic heterocycles. The predicted molar refractivity (Wildman–Crippen MR) is 124 cm³/mol. The number of hydrogen-bond acceptors (Lipinski definition) is 5. The van der Waals surface area contributed by atoms with E-state index in [-0.39, 0.29) is 11.7 Å². The van der Waals surface area contributed by atoms with Gasteiger partial charge in [-0.1, -0.05) is 23.7 Å². The van der Waals surface area contributed by atoms with Gasteiger partial charge in [0, 0.05) is 22.5 Å². The van der Waals surface area contributed by atoms with E-state index in [2.05, 4.69) is 25.7 Å². The number of hydrogen-bond donors (Lipinski definition) is 2. The van der Waals surface area contributed by atoms with Gasteiger partial charge in [-0.05, 0) is 61.0 Å². The summed E-state index contributed by atoms with van der Waals surface area (Å²) in [6, 6.07) is 16.1. The molecule has 1 aliphatic rings. The number of benzene rings is 2. The molecule has 0 bridgehead atoms. The molecule has 164 valence electrons. The Labute approximate surface area is 194 Å². The maximum atomic E-state index is 13.7. The van der Waals surface area contributed by atoms with Crippen molar-refractivity contribution in [2.45, 2.75) is 13.0 Å². The predicted octanol–water partition coefficient (Wildman–Crippen LogP) is 5.06. The summed E-state index contributed by atoms with van der Waals surface area (Å²) >= 11 is 6.01. The minimum Gasteiger partial charge on any atom is -0.328 e. The fraction of sp³-hybridized carbons (Fsp3) is 0.0833. The Morgan fingerprint density at radius 1 is 1.12 bits per heavy atom. The number of anilines is 2. The lowest BCUT2D eigenvalue weighted by molar-refractivity contribution is -0.113. The summed E-state index contributed by atoms with van der Waals surface area (Å²) in [5.74, 6) is 0.264. The Morgan fingerprint density at radius 2 is 1.88 bits per heavy atom. The van der Waals surface area contributed by atoms with Crippen LogP contribution in [0.25, 0.3) is 11.4 Å². The minimum atomic E-state index is -0.618. The maximum Gasteiger partial charge on any atom is 0.255 e. The highest BCUT2D eigenvalue weighted by Gasteiger charge is 2.34. The van der Waals surface area contributed by atoms with Gasteiger partial charge in [0.05, 0.1) is 17.5 Å². The van der Waals surface area contributed by atoms with Crippen LogP contribution in [-0.4, -0.2) is 25.7 Å². The SMILES string of the molecule is CC1=C(C(=O)Nc2cccnc2)C(c2ccc(F)cc2)n2nc(-c3ccc(Cl)cc3)nc2N1. The molecule has 1 atom stereocenters. The van der Waals surface area contributed by atoms with Gasteiger partial charge in [0.25, 0.3) is 5.91 Å². The van der Waals surface area contributed by atoms with E-state index in [4.69, 9.17) is 11.6 Å². The zero-order valence-electron chi connectivity index (χ0n) is 17.5. The number of rotatable bonds is 4. The van der Waals surface area contributed by atoms with E-state index in [0.717, 1.165) is 5.56 Å². The lowest BCUT2D eigenvalue weighted by atomic mass is 9.95. The first-order valence-corrected chi connectivity index (χ1v) is 10.5. The lowest BCUT2D eigenvalue weighted by Crippen LogP contribution is -2.31. The second-order valence-corrected chi connectivity index (χ2v) is 7.96. The zero-order chi connectivity index (χ0) is 22.9. The van der Waals surface area contributed by atoms with Gasteiger partial charge in [-0.2, -0.15) is 4.98 Å². The first-order chi connectivity index (χ1) is 16.0. The number of aromatic nitrogens is 4. The highest BCUT2D eigenvalue weighted by Crippen LogP contribution is 2.37. The second-order valence-electron chi connectivity index (χ2n) is 7.52. The number of pyridine rings is 1. The summed E-state index contributed by atoms with van der Waals surface area (Å²) < 4.78 is 15.3. The van der Waals surface area contributed by atoms with Crippen molar-refractivity contribution in [2.24, 2.45) is 0 Å². The molecule has 1 unspecified atom stereocenters. The molecule has 2 aromatic carbocycles. The molecule has 4 aromatic rings. The van der Waals surface area contributed by atoms with E-state index in [0.29, 0.717) is 39.3 Å². The summed E-state index contributed by atoms with van der Waals surface area (Å²) in [7, 11) is 0. The van der Waals surface area contributed by atoms with E-state index < -0.39 is 6.04 Å². The third kappa shape index (κ3) is 4.08. The number of carbonyl (C=O) groups excluding carboxylic acids is 1. The second kappa shape index (κ2) is 8.48. The van der Waals surface area contributed by atoms with Crippen LogP contribution in [0.15, 0.2) is 84.3 Å². The molecule has 3 heterocycles. The van der Waals surface area contributed by atoms with Gasteiger partial charge in [-0.15, -0.1) is 5.10 Å². The van der Waals surface area contributed by atoms with E-state index in [1.54, 1.807) is 60.4 Å². The lowest BCUT2D eigenvalue weighted by Gasteiger charge is -2.28. The first-order valence-electron chi connectivity index (χ1n) is 10.2. The summed E-state index contributed by atoms with van der Waals surface area (Å²) in [6.45, 7) is 1.80. The Kier molecular flexibility index (Phi) is 5.35. The molecule has 7 nitrogen and oxygen atoms in total. The Balaban J connectivity index is 1.60. The van der Waals surface area contributed by atoms with Crippen molar-refractivity contribution in [3.05, 3.63) is 101 Å². The Bertz CT molecular complexity index is 1350. The monoisotopic (exact) mass is 460 g/mol. The maximum absolute atomic E-state index is 13.7. The molecular weight excluding hydrogens is 443 g/mol. The summed E-state index contributed by atoms with van der Waals surface area (Å²) in [4.78, 5) is 22.0. The van der Waals surface area contributed by atoms with Gasteiger partial charge in [-0.3, -0.25) is 9.78 Å². The quantitative estimate of drug-likeness (QED) is 0.444. The fourth-order valence-electron chi connectivity index (χ4n) is 3.75. The van der Waals surface area contributed by atoms with Gasteiger partial charge in [0.1, 0.15) is 11.9 Å². The number of carbonyl (C=O) groups is 1. The largest absolute Gasteiger partial charge is 0.328 e. The van der Waals surface area contributed by atoms with Gasteiger partial charge in [0.15, 0.2) is 5.82 Å². The normalized spacial score (nSPS) is 15.1. The minimum absolute atomic E-state index is 0.323. The number of nitrogens with zero attached hydrogens (tertiary/aromatic N) is 4. The molecule has 9 heteroatoms. The highest BCUT2D eigenvalue weighted by atomic mass is 35.5. The fourth-order valence-corrected chi connectivity index (χ4v) is 3.88. The first kappa shape index (κ1) is 20.8. The molecule has 0 fully saturated rings. The number of fused-ring (bicyclic) bond motifs is 1. The van der Waals surface area contributed by atoms with Gasteiger partial charge < -0.3 is 10.6 Å². The van der Waals surface area contributed by atoms with Crippen molar-refractivity contribution in [1.29, 1.82) is 0 Å². The summed E-state index contributed by atoms with van der Waals surface area (Å²) in [6.07, 6.45) is 3.19. The topological polar surface area (TPSA) is 84.7 Å². The molecule has 2 N–H and O–H groups in total. The average molecular weight is 461 g/mol. The molecule has 1 amide bonds. The third-order valence-corrected chi connectivity index (χ3v) is 5.56. The van der Waals surface area contributed by atoms with Gasteiger partial charge in [-0.25, -0.2) is 9.07 Å². The van der Waals surface area contributed by atoms with Crippen LogP contribution in [0.2, 0.25) is 5.02 Å². The highest BCUT2D eigenvalue weighted by molar-refractivity contribution is 6.30. The number of allylic oxidation sites excluding steroid dienone is 1. The zero-order valence-corrected chi connectivity index (χ0v) is 18.2. The summed E-state index contributed by atoms with van der Waals surface area (Å²) in [5, 5.41) is 11.4. The van der Waals surface area contributed by atoms with Crippen LogP contribution in [0.4, 0.5) is 16.0 Å². The molecular formula is C24H18ClFN6O. The van der Waals surface area contributed by atoms with E-state index >= 15 is 0 Å². The van der Waals surface area contributed by atoms with Crippen molar-refractivity contribution in [3.63, 3.8) is 0 Å². The molecule has 0 spiro atoms. The van der Waals surface area contributed by atoms with Crippen LogP contribution in [0.5, 0.6) is 0 Å². The average Bonchev–Trinajstić information content (AvgIpc) is 3.23. The van der Waals surface area contributed by atoms with E-state index in [1.807, 2.05) is 12.1 Å². The van der Waals surface area contributed by atoms with Crippen molar-refractivity contribution in [3.8, 4) is 11.4 Å².